The number of aromatic nitrogens is 1. The summed E-state index contributed by atoms with van der Waals surface area (Å²) < 4.78 is 0. The highest BCUT2D eigenvalue weighted by atomic mass is 16.2. The lowest BCUT2D eigenvalue weighted by atomic mass is 10.0. The first-order chi connectivity index (χ1) is 13.1. The van der Waals surface area contributed by atoms with Crippen molar-refractivity contribution < 1.29 is 4.79 Å². The molecule has 27 heavy (non-hydrogen) atoms. The average Bonchev–Trinajstić information content (AvgIpc) is 2.69. The fourth-order valence-corrected chi connectivity index (χ4v) is 3.49. The van der Waals surface area contributed by atoms with Gasteiger partial charge in [0.15, 0.2) is 0 Å². The van der Waals surface area contributed by atoms with Gasteiger partial charge in [-0.15, -0.1) is 0 Å². The second kappa shape index (κ2) is 9.62. The van der Waals surface area contributed by atoms with Gasteiger partial charge < -0.3 is 5.32 Å². The first kappa shape index (κ1) is 19.5. The zero-order valence-corrected chi connectivity index (χ0v) is 16.4. The Morgan fingerprint density at radius 3 is 2.41 bits per heavy atom. The maximum Gasteiger partial charge on any atom is 0.234 e. The Hall–Kier alpha value is -2.24. The van der Waals surface area contributed by atoms with Gasteiger partial charge in [0, 0.05) is 38.9 Å². The maximum atomic E-state index is 12.5. The van der Waals surface area contributed by atoms with Gasteiger partial charge in [0.25, 0.3) is 0 Å². The lowest BCUT2D eigenvalue weighted by molar-refractivity contribution is -0.123. The minimum Gasteiger partial charge on any atom is -0.348 e. The third-order valence-corrected chi connectivity index (χ3v) is 5.17. The molecule has 2 heterocycles. The minimum absolute atomic E-state index is 0.0866. The van der Waals surface area contributed by atoms with Gasteiger partial charge >= 0.3 is 0 Å². The molecule has 0 spiro atoms. The van der Waals surface area contributed by atoms with E-state index in [9.17, 15) is 4.79 Å². The molecule has 0 radical (unpaired) electrons. The molecule has 0 unspecified atom stereocenters. The summed E-state index contributed by atoms with van der Waals surface area (Å²) in [6.07, 6.45) is 2.74. The van der Waals surface area contributed by atoms with Crippen molar-refractivity contribution in [2.75, 3.05) is 32.7 Å². The molecule has 1 amide bonds. The molecule has 1 aromatic carbocycles. The topological polar surface area (TPSA) is 48.5 Å². The third-order valence-electron chi connectivity index (χ3n) is 5.17. The lowest BCUT2D eigenvalue weighted by Crippen LogP contribution is -2.49. The Morgan fingerprint density at radius 2 is 1.78 bits per heavy atom. The zero-order chi connectivity index (χ0) is 19.1. The Bertz CT molecular complexity index is 709. The van der Waals surface area contributed by atoms with E-state index in [1.807, 2.05) is 18.3 Å². The van der Waals surface area contributed by atoms with E-state index < -0.39 is 0 Å². The molecule has 1 fully saturated rings. The highest BCUT2D eigenvalue weighted by Gasteiger charge is 2.20. The fourth-order valence-electron chi connectivity index (χ4n) is 3.49. The van der Waals surface area contributed by atoms with E-state index in [1.165, 1.54) is 11.1 Å². The van der Waals surface area contributed by atoms with Crippen LogP contribution in [0.15, 0.2) is 48.7 Å². The van der Waals surface area contributed by atoms with Crippen molar-refractivity contribution in [3.63, 3.8) is 0 Å². The summed E-state index contributed by atoms with van der Waals surface area (Å²) in [6, 6.07) is 14.6. The molecule has 1 N–H and O–H groups in total. The predicted octanol–water partition coefficient (Wildman–Crippen LogP) is 2.78. The Morgan fingerprint density at radius 1 is 1.07 bits per heavy atom. The molecule has 2 aromatic rings. The van der Waals surface area contributed by atoms with Gasteiger partial charge in [0.2, 0.25) is 5.91 Å². The molecule has 0 aliphatic carbocycles. The number of carbonyl (C=O) groups is 1. The second-order valence-corrected chi connectivity index (χ2v) is 7.31. The maximum absolute atomic E-state index is 12.5. The quantitative estimate of drug-likeness (QED) is 0.819. The van der Waals surface area contributed by atoms with Gasteiger partial charge in [0.1, 0.15) is 0 Å². The summed E-state index contributed by atoms with van der Waals surface area (Å²) in [5, 5.41) is 3.20. The predicted molar refractivity (Wildman–Crippen MR) is 108 cm³/mol. The third kappa shape index (κ3) is 5.88. The van der Waals surface area contributed by atoms with Crippen molar-refractivity contribution >= 4 is 5.91 Å². The van der Waals surface area contributed by atoms with Crippen LogP contribution < -0.4 is 5.32 Å². The van der Waals surface area contributed by atoms with Crippen LogP contribution in [0.4, 0.5) is 0 Å². The van der Waals surface area contributed by atoms with Crippen LogP contribution in [-0.2, 0) is 11.3 Å². The van der Waals surface area contributed by atoms with E-state index in [0.29, 0.717) is 6.54 Å². The van der Waals surface area contributed by atoms with E-state index in [2.05, 4.69) is 64.3 Å². The summed E-state index contributed by atoms with van der Waals surface area (Å²) in [4.78, 5) is 21.6. The number of amides is 1. The Kier molecular flexibility index (Phi) is 6.96. The summed E-state index contributed by atoms with van der Waals surface area (Å²) in [5.74, 6) is 0.112. The molecule has 1 atom stereocenters. The van der Waals surface area contributed by atoms with Crippen molar-refractivity contribution in [2.45, 2.75) is 32.9 Å². The number of nitrogens with one attached hydrogen (secondary N) is 1. The summed E-state index contributed by atoms with van der Waals surface area (Å²) in [6.45, 7) is 9.32. The monoisotopic (exact) mass is 366 g/mol. The number of carbonyl (C=O) groups excluding carboxylic acids is 1. The number of aryl methyl sites for hydroxylation is 1. The molecule has 1 aromatic heterocycles. The molecular formula is C22H30N4O. The lowest BCUT2D eigenvalue weighted by Gasteiger charge is -2.34. The van der Waals surface area contributed by atoms with Gasteiger partial charge in [-0.25, -0.2) is 0 Å². The molecule has 0 bridgehead atoms. The number of hydrogen-bond donors (Lipinski definition) is 1. The van der Waals surface area contributed by atoms with Gasteiger partial charge in [-0.2, -0.15) is 0 Å². The molecule has 5 heteroatoms. The fraction of sp³-hybridized carbons (Fsp3) is 0.455. The van der Waals surface area contributed by atoms with E-state index in [1.54, 1.807) is 0 Å². The Labute approximate surface area is 162 Å². The van der Waals surface area contributed by atoms with Crippen LogP contribution in [-0.4, -0.2) is 53.4 Å². The molecule has 0 saturated carbocycles. The first-order valence-corrected chi connectivity index (χ1v) is 9.84. The molecular weight excluding hydrogens is 336 g/mol. The number of nitrogens with zero attached hydrogens (tertiary/aromatic N) is 3. The van der Waals surface area contributed by atoms with Crippen LogP contribution >= 0.6 is 0 Å². The van der Waals surface area contributed by atoms with Gasteiger partial charge in [-0.1, -0.05) is 42.8 Å². The van der Waals surface area contributed by atoms with Gasteiger partial charge in [-0.05, 0) is 31.0 Å². The molecule has 1 aliphatic rings. The van der Waals surface area contributed by atoms with Crippen LogP contribution in [0.1, 0.15) is 36.2 Å². The smallest absolute Gasteiger partial charge is 0.234 e. The van der Waals surface area contributed by atoms with E-state index in [4.69, 9.17) is 0 Å². The second-order valence-electron chi connectivity index (χ2n) is 7.31. The van der Waals surface area contributed by atoms with Crippen molar-refractivity contribution in [3.05, 3.63) is 65.5 Å². The van der Waals surface area contributed by atoms with Crippen molar-refractivity contribution in [3.8, 4) is 0 Å². The summed E-state index contributed by atoms with van der Waals surface area (Å²) in [5.41, 5.74) is 3.52. The van der Waals surface area contributed by atoms with Gasteiger partial charge in [0.05, 0.1) is 18.3 Å². The summed E-state index contributed by atoms with van der Waals surface area (Å²) in [7, 11) is 0. The van der Waals surface area contributed by atoms with Crippen molar-refractivity contribution in [1.29, 1.82) is 0 Å². The average molecular weight is 367 g/mol. The molecule has 3 rings (SSSR count). The normalized spacial score (nSPS) is 16.8. The van der Waals surface area contributed by atoms with Crippen LogP contribution in [0.25, 0.3) is 0 Å². The van der Waals surface area contributed by atoms with E-state index >= 15 is 0 Å². The zero-order valence-electron chi connectivity index (χ0n) is 16.4. The molecule has 1 aliphatic heterocycles. The number of rotatable bonds is 7. The first-order valence-electron chi connectivity index (χ1n) is 9.84. The number of benzene rings is 1. The van der Waals surface area contributed by atoms with Crippen LogP contribution in [0.5, 0.6) is 0 Å². The van der Waals surface area contributed by atoms with Crippen molar-refractivity contribution in [2.24, 2.45) is 0 Å². The van der Waals surface area contributed by atoms with Crippen LogP contribution in [0, 0.1) is 6.92 Å². The van der Waals surface area contributed by atoms with Crippen molar-refractivity contribution in [1.82, 2.24) is 20.1 Å². The number of hydrogen-bond acceptors (Lipinski definition) is 4. The van der Waals surface area contributed by atoms with Gasteiger partial charge in [-0.3, -0.25) is 19.6 Å². The number of pyridine rings is 1. The SMILES string of the molecule is CC[C@H](NC(=O)CN1CCN(Cc2ccccn2)CC1)c1ccc(C)cc1. The van der Waals surface area contributed by atoms with Crippen LogP contribution in [0.3, 0.4) is 0 Å². The van der Waals surface area contributed by atoms with E-state index in [0.717, 1.165) is 44.8 Å². The highest BCUT2D eigenvalue weighted by Crippen LogP contribution is 2.17. The minimum atomic E-state index is 0.0866. The summed E-state index contributed by atoms with van der Waals surface area (Å²) >= 11 is 0. The standard InChI is InChI=1S/C22H30N4O/c1-3-21(19-9-7-18(2)8-10-19)24-22(27)17-26-14-12-25(13-15-26)16-20-6-4-5-11-23-20/h4-11,21H,3,12-17H2,1-2H3,(H,24,27)/t21-/m0/s1. The van der Waals surface area contributed by atoms with E-state index in [-0.39, 0.29) is 11.9 Å². The molecule has 1 saturated heterocycles. The number of piperazine rings is 1. The molecule has 144 valence electrons. The molecule has 5 nitrogen and oxygen atoms in total. The highest BCUT2D eigenvalue weighted by molar-refractivity contribution is 5.78. The largest absolute Gasteiger partial charge is 0.348 e. The van der Waals surface area contributed by atoms with Crippen LogP contribution in [0.2, 0.25) is 0 Å². The Balaban J connectivity index is 1.44.